The molecule has 0 unspecified atom stereocenters. The summed E-state index contributed by atoms with van der Waals surface area (Å²) < 4.78 is 1.86. The zero-order chi connectivity index (χ0) is 17.9. The highest BCUT2D eigenvalue weighted by atomic mass is 35.5. The molecule has 27 heavy (non-hydrogen) atoms. The largest absolute Gasteiger partial charge is 0.322 e. The zero-order valence-electron chi connectivity index (χ0n) is 14.4. The number of aromatic nitrogens is 4. The lowest BCUT2D eigenvalue weighted by molar-refractivity contribution is 0.672. The van der Waals surface area contributed by atoms with Crippen molar-refractivity contribution in [1.29, 1.82) is 5.26 Å². The van der Waals surface area contributed by atoms with Gasteiger partial charge in [-0.3, -0.25) is 4.98 Å². The van der Waals surface area contributed by atoms with Crippen molar-refractivity contribution in [2.45, 2.75) is 12.5 Å². The summed E-state index contributed by atoms with van der Waals surface area (Å²) >= 11 is 0. The molecule has 4 rings (SSSR count). The summed E-state index contributed by atoms with van der Waals surface area (Å²) in [7, 11) is 0. The van der Waals surface area contributed by atoms with Gasteiger partial charge in [0.05, 0.1) is 29.1 Å². The molecular formula is C20H17ClN6. The van der Waals surface area contributed by atoms with Crippen LogP contribution >= 0.6 is 12.4 Å². The fraction of sp³-hybridized carbons (Fsp3) is 0.100. The van der Waals surface area contributed by atoms with Crippen molar-refractivity contribution < 1.29 is 0 Å². The highest BCUT2D eigenvalue weighted by molar-refractivity contribution is 5.85. The summed E-state index contributed by atoms with van der Waals surface area (Å²) in [5, 5.41) is 14.6. The van der Waals surface area contributed by atoms with Crippen molar-refractivity contribution in [3.8, 4) is 11.8 Å². The van der Waals surface area contributed by atoms with E-state index in [0.29, 0.717) is 12.1 Å². The van der Waals surface area contributed by atoms with Crippen LogP contribution in [0.15, 0.2) is 67.0 Å². The molecular weight excluding hydrogens is 360 g/mol. The minimum absolute atomic E-state index is 0. The Kier molecular flexibility index (Phi) is 5.46. The highest BCUT2D eigenvalue weighted by Crippen LogP contribution is 2.24. The van der Waals surface area contributed by atoms with Crippen LogP contribution < -0.4 is 5.73 Å². The van der Waals surface area contributed by atoms with Crippen LogP contribution in [0.5, 0.6) is 0 Å². The molecule has 4 aromatic rings. The van der Waals surface area contributed by atoms with Gasteiger partial charge in [-0.05, 0) is 30.3 Å². The van der Waals surface area contributed by atoms with Crippen LogP contribution in [-0.2, 0) is 6.42 Å². The SMILES string of the molecule is Cl.N#Cc1cccc(C[C@H](N)c2ncccc2-n2ncc3ccccc32)n1. The maximum atomic E-state index is 9.02. The lowest BCUT2D eigenvalue weighted by Crippen LogP contribution is -2.18. The maximum Gasteiger partial charge on any atom is 0.140 e. The minimum Gasteiger partial charge on any atom is -0.322 e. The van der Waals surface area contributed by atoms with E-state index in [9.17, 15) is 0 Å². The van der Waals surface area contributed by atoms with E-state index in [1.54, 1.807) is 12.3 Å². The van der Waals surface area contributed by atoms with Crippen LogP contribution in [0.3, 0.4) is 0 Å². The summed E-state index contributed by atoms with van der Waals surface area (Å²) in [5.74, 6) is 0. The maximum absolute atomic E-state index is 9.02. The van der Waals surface area contributed by atoms with Gasteiger partial charge in [-0.25, -0.2) is 9.67 Å². The molecule has 0 spiro atoms. The quantitative estimate of drug-likeness (QED) is 0.589. The summed E-state index contributed by atoms with van der Waals surface area (Å²) in [6.45, 7) is 0. The zero-order valence-corrected chi connectivity index (χ0v) is 15.2. The van der Waals surface area contributed by atoms with Gasteiger partial charge in [-0.2, -0.15) is 10.4 Å². The predicted octanol–water partition coefficient (Wildman–Crippen LogP) is 3.35. The molecule has 1 atom stereocenters. The molecule has 1 aromatic carbocycles. The molecule has 2 N–H and O–H groups in total. The van der Waals surface area contributed by atoms with Gasteiger partial charge in [-0.15, -0.1) is 12.4 Å². The standard InChI is InChI=1S/C20H16N6.ClH/c21-12-16-7-3-6-15(25-16)11-17(22)20-19(9-4-10-23-20)26-18-8-2-1-5-14(18)13-24-26;/h1-10,13,17H,11,22H2;1H/t17-;/m0./s1. The fourth-order valence-corrected chi connectivity index (χ4v) is 3.02. The van der Waals surface area contributed by atoms with E-state index in [2.05, 4.69) is 21.1 Å². The molecule has 6 nitrogen and oxygen atoms in total. The third-order valence-corrected chi connectivity index (χ3v) is 4.22. The van der Waals surface area contributed by atoms with E-state index in [1.807, 2.05) is 59.4 Å². The minimum atomic E-state index is -0.365. The number of para-hydroxylation sites is 1. The van der Waals surface area contributed by atoms with E-state index >= 15 is 0 Å². The first-order chi connectivity index (χ1) is 12.8. The topological polar surface area (TPSA) is 93.4 Å². The van der Waals surface area contributed by atoms with Gasteiger partial charge < -0.3 is 5.73 Å². The van der Waals surface area contributed by atoms with Crippen molar-refractivity contribution >= 4 is 23.3 Å². The van der Waals surface area contributed by atoms with Gasteiger partial charge in [0.15, 0.2) is 0 Å². The summed E-state index contributed by atoms with van der Waals surface area (Å²) in [6, 6.07) is 18.9. The second-order valence-electron chi connectivity index (χ2n) is 5.96. The first kappa shape index (κ1) is 18.5. The average Bonchev–Trinajstić information content (AvgIpc) is 3.12. The Balaban J connectivity index is 0.00000210. The number of rotatable bonds is 4. The molecule has 0 aliphatic carbocycles. The van der Waals surface area contributed by atoms with Gasteiger partial charge in [0.1, 0.15) is 11.8 Å². The Hall–Kier alpha value is -3.27. The fourth-order valence-electron chi connectivity index (χ4n) is 3.02. The lowest BCUT2D eigenvalue weighted by Gasteiger charge is -2.15. The van der Waals surface area contributed by atoms with Crippen molar-refractivity contribution in [1.82, 2.24) is 19.7 Å². The van der Waals surface area contributed by atoms with Gasteiger partial charge in [-0.1, -0.05) is 24.3 Å². The molecule has 0 fully saturated rings. The lowest BCUT2D eigenvalue weighted by atomic mass is 10.1. The molecule has 0 bridgehead atoms. The molecule has 0 aliphatic rings. The van der Waals surface area contributed by atoms with E-state index in [1.165, 1.54) is 0 Å². The first-order valence-electron chi connectivity index (χ1n) is 8.26. The summed E-state index contributed by atoms with van der Waals surface area (Å²) in [6.07, 6.45) is 4.04. The smallest absolute Gasteiger partial charge is 0.140 e. The number of pyridine rings is 2. The molecule has 0 saturated heterocycles. The van der Waals surface area contributed by atoms with Crippen molar-refractivity contribution in [3.05, 3.63) is 84.1 Å². The number of nitrogens with two attached hydrogens (primary N) is 1. The highest BCUT2D eigenvalue weighted by Gasteiger charge is 2.17. The molecule has 7 heteroatoms. The van der Waals surface area contributed by atoms with Crippen LogP contribution in [0, 0.1) is 11.3 Å². The number of nitriles is 1. The molecule has 0 radical (unpaired) electrons. The third kappa shape index (κ3) is 3.65. The van der Waals surface area contributed by atoms with Crippen LogP contribution in [0.1, 0.15) is 23.1 Å². The normalized spacial score (nSPS) is 11.6. The van der Waals surface area contributed by atoms with Crippen LogP contribution in [0.2, 0.25) is 0 Å². The Morgan fingerprint density at radius 2 is 1.93 bits per heavy atom. The second kappa shape index (κ2) is 7.96. The number of fused-ring (bicyclic) bond motifs is 1. The van der Waals surface area contributed by atoms with Crippen LogP contribution in [0.25, 0.3) is 16.6 Å². The average molecular weight is 377 g/mol. The Morgan fingerprint density at radius 1 is 1.07 bits per heavy atom. The van der Waals surface area contributed by atoms with Crippen molar-refractivity contribution in [2.24, 2.45) is 5.73 Å². The van der Waals surface area contributed by atoms with Crippen molar-refractivity contribution in [3.63, 3.8) is 0 Å². The van der Waals surface area contributed by atoms with Gasteiger partial charge >= 0.3 is 0 Å². The number of hydrogen-bond donors (Lipinski definition) is 1. The number of hydrogen-bond acceptors (Lipinski definition) is 5. The summed E-state index contributed by atoms with van der Waals surface area (Å²) in [5.41, 5.74) is 10.2. The molecule has 3 heterocycles. The molecule has 0 amide bonds. The molecule has 0 saturated carbocycles. The number of benzene rings is 1. The van der Waals surface area contributed by atoms with E-state index < -0.39 is 0 Å². The van der Waals surface area contributed by atoms with E-state index in [4.69, 9.17) is 11.0 Å². The number of nitrogens with zero attached hydrogens (tertiary/aromatic N) is 5. The van der Waals surface area contributed by atoms with Gasteiger partial charge in [0.25, 0.3) is 0 Å². The Bertz CT molecular complexity index is 1110. The summed E-state index contributed by atoms with van der Waals surface area (Å²) in [4.78, 5) is 8.81. The predicted molar refractivity (Wildman–Crippen MR) is 106 cm³/mol. The van der Waals surface area contributed by atoms with E-state index in [0.717, 1.165) is 28.0 Å². The third-order valence-electron chi connectivity index (χ3n) is 4.22. The van der Waals surface area contributed by atoms with Crippen LogP contribution in [-0.4, -0.2) is 19.7 Å². The number of halogens is 1. The van der Waals surface area contributed by atoms with Gasteiger partial charge in [0, 0.05) is 23.7 Å². The van der Waals surface area contributed by atoms with Crippen molar-refractivity contribution in [2.75, 3.05) is 0 Å². The molecule has 0 aliphatic heterocycles. The van der Waals surface area contributed by atoms with Crippen LogP contribution in [0.4, 0.5) is 0 Å². The van der Waals surface area contributed by atoms with Gasteiger partial charge in [0.2, 0.25) is 0 Å². The Morgan fingerprint density at radius 3 is 2.78 bits per heavy atom. The molecule has 134 valence electrons. The Labute approximate surface area is 162 Å². The van der Waals surface area contributed by atoms with E-state index in [-0.39, 0.29) is 18.4 Å². The first-order valence-corrected chi connectivity index (χ1v) is 8.26. The molecule has 3 aromatic heterocycles. The second-order valence-corrected chi connectivity index (χ2v) is 5.96. The monoisotopic (exact) mass is 376 g/mol.